The molecule has 0 aliphatic carbocycles. The van der Waals surface area contributed by atoms with Crippen molar-refractivity contribution in [2.75, 3.05) is 57.7 Å². The van der Waals surface area contributed by atoms with Crippen LogP contribution in [0.15, 0.2) is 24.3 Å². The average Bonchev–Trinajstić information content (AvgIpc) is 2.64. The fourth-order valence-electron chi connectivity index (χ4n) is 3.32. The van der Waals surface area contributed by atoms with Crippen LogP contribution in [0.3, 0.4) is 0 Å². The van der Waals surface area contributed by atoms with E-state index in [9.17, 15) is 9.59 Å². The van der Waals surface area contributed by atoms with E-state index >= 15 is 0 Å². The number of amides is 2. The third-order valence-electron chi connectivity index (χ3n) is 4.98. The summed E-state index contributed by atoms with van der Waals surface area (Å²) in [5, 5.41) is 3.03. The highest BCUT2D eigenvalue weighted by Gasteiger charge is 2.22. The molecule has 1 fully saturated rings. The van der Waals surface area contributed by atoms with Crippen molar-refractivity contribution in [3.05, 3.63) is 29.8 Å². The predicted molar refractivity (Wildman–Crippen MR) is 105 cm³/mol. The summed E-state index contributed by atoms with van der Waals surface area (Å²) in [5.74, 6) is 0.218. The van der Waals surface area contributed by atoms with Crippen LogP contribution in [0, 0.1) is 0 Å². The number of anilines is 1. The van der Waals surface area contributed by atoms with Crippen molar-refractivity contribution in [1.82, 2.24) is 14.7 Å². The van der Waals surface area contributed by atoms with Crippen molar-refractivity contribution >= 4 is 17.5 Å². The lowest BCUT2D eigenvalue weighted by Crippen LogP contribution is -2.51. The van der Waals surface area contributed by atoms with E-state index in [4.69, 9.17) is 0 Å². The van der Waals surface area contributed by atoms with Crippen LogP contribution in [-0.4, -0.2) is 78.9 Å². The fraction of sp³-hybridized carbons (Fsp3) is 0.600. The Labute approximate surface area is 157 Å². The van der Waals surface area contributed by atoms with E-state index in [0.29, 0.717) is 13.1 Å². The number of nitrogens with one attached hydrogen (secondary N) is 1. The highest BCUT2D eigenvalue weighted by atomic mass is 16.2. The first-order chi connectivity index (χ1) is 12.6. The summed E-state index contributed by atoms with van der Waals surface area (Å²) in [5.41, 5.74) is 2.06. The molecule has 1 aliphatic heterocycles. The Morgan fingerprint density at radius 2 is 1.54 bits per heavy atom. The van der Waals surface area contributed by atoms with Crippen molar-refractivity contribution in [3.8, 4) is 0 Å². The number of likely N-dealkylation sites (N-methyl/N-ethyl adjacent to an activating group) is 1. The molecule has 0 bridgehead atoms. The van der Waals surface area contributed by atoms with Crippen molar-refractivity contribution in [2.45, 2.75) is 27.2 Å². The molecule has 26 heavy (non-hydrogen) atoms. The number of hydrogen-bond acceptors (Lipinski definition) is 4. The van der Waals surface area contributed by atoms with Gasteiger partial charge in [-0.05, 0) is 31.9 Å². The van der Waals surface area contributed by atoms with Gasteiger partial charge in [-0.1, -0.05) is 25.1 Å². The van der Waals surface area contributed by atoms with Gasteiger partial charge in [-0.2, -0.15) is 0 Å². The van der Waals surface area contributed by atoms with Gasteiger partial charge < -0.3 is 10.2 Å². The minimum atomic E-state index is 0.0265. The van der Waals surface area contributed by atoms with E-state index in [0.717, 1.165) is 56.9 Å². The zero-order valence-corrected chi connectivity index (χ0v) is 16.3. The number of carbonyl (C=O) groups excluding carboxylic acids is 2. The molecule has 1 aromatic rings. The molecule has 2 amide bonds. The number of nitrogens with zero attached hydrogens (tertiary/aromatic N) is 3. The summed E-state index contributed by atoms with van der Waals surface area (Å²) in [4.78, 5) is 30.8. The summed E-state index contributed by atoms with van der Waals surface area (Å²) in [6.07, 6.45) is 0.899. The van der Waals surface area contributed by atoms with Gasteiger partial charge in [0, 0.05) is 45.0 Å². The zero-order chi connectivity index (χ0) is 18.9. The molecule has 6 heteroatoms. The van der Waals surface area contributed by atoms with E-state index in [1.807, 2.05) is 43.0 Å². The summed E-state index contributed by atoms with van der Waals surface area (Å²) in [6, 6.07) is 7.93. The molecule has 0 aromatic heterocycles. The van der Waals surface area contributed by atoms with Crippen LogP contribution in [0.25, 0.3) is 0 Å². The Balaban J connectivity index is 1.76. The normalized spacial score (nSPS) is 15.7. The van der Waals surface area contributed by atoms with Crippen LogP contribution in [0.2, 0.25) is 0 Å². The molecule has 2 rings (SSSR count). The Hall–Kier alpha value is -1.92. The standard InChI is InChI=1S/C20H32N4O2/c1-4-17-9-7-8-10-18(17)21-19(25)15-22-11-13-23(14-12-22)16-20(26)24(5-2)6-3/h7-10H,4-6,11-16H2,1-3H3,(H,21,25). The van der Waals surface area contributed by atoms with Gasteiger partial charge in [0.2, 0.25) is 11.8 Å². The largest absolute Gasteiger partial charge is 0.342 e. The molecule has 1 N–H and O–H groups in total. The summed E-state index contributed by atoms with van der Waals surface area (Å²) >= 11 is 0. The van der Waals surface area contributed by atoms with Crippen LogP contribution in [0.5, 0.6) is 0 Å². The average molecular weight is 361 g/mol. The molecule has 1 heterocycles. The van der Waals surface area contributed by atoms with E-state index in [-0.39, 0.29) is 11.8 Å². The molecule has 0 saturated carbocycles. The van der Waals surface area contributed by atoms with Gasteiger partial charge in [-0.25, -0.2) is 0 Å². The van der Waals surface area contributed by atoms with Gasteiger partial charge in [0.1, 0.15) is 0 Å². The Bertz CT molecular complexity index is 593. The predicted octanol–water partition coefficient (Wildman–Crippen LogP) is 1.67. The first-order valence-electron chi connectivity index (χ1n) is 9.67. The maximum atomic E-state index is 12.3. The third kappa shape index (κ3) is 5.81. The SMILES string of the molecule is CCc1ccccc1NC(=O)CN1CCN(CC(=O)N(CC)CC)CC1. The number of aryl methyl sites for hydroxylation is 1. The zero-order valence-electron chi connectivity index (χ0n) is 16.3. The van der Waals surface area contributed by atoms with E-state index < -0.39 is 0 Å². The second kappa shape index (κ2) is 10.3. The number of carbonyl (C=O) groups is 2. The van der Waals surface area contributed by atoms with Gasteiger partial charge in [0.15, 0.2) is 0 Å². The topological polar surface area (TPSA) is 55.9 Å². The van der Waals surface area contributed by atoms with Crippen LogP contribution in [-0.2, 0) is 16.0 Å². The smallest absolute Gasteiger partial charge is 0.238 e. The Morgan fingerprint density at radius 1 is 0.962 bits per heavy atom. The minimum absolute atomic E-state index is 0.0265. The first kappa shape index (κ1) is 20.4. The van der Waals surface area contributed by atoms with Gasteiger partial charge in [0.05, 0.1) is 13.1 Å². The maximum Gasteiger partial charge on any atom is 0.238 e. The molecule has 0 spiro atoms. The molecule has 6 nitrogen and oxygen atoms in total. The van der Waals surface area contributed by atoms with E-state index in [1.165, 1.54) is 0 Å². The summed E-state index contributed by atoms with van der Waals surface area (Å²) in [7, 11) is 0. The molecular formula is C20H32N4O2. The monoisotopic (exact) mass is 360 g/mol. The van der Waals surface area contributed by atoms with E-state index in [2.05, 4.69) is 22.0 Å². The number of benzene rings is 1. The molecule has 0 radical (unpaired) electrons. The van der Waals surface area contributed by atoms with Gasteiger partial charge in [0.25, 0.3) is 0 Å². The molecule has 1 saturated heterocycles. The first-order valence-corrected chi connectivity index (χ1v) is 9.67. The van der Waals surface area contributed by atoms with Crippen LogP contribution < -0.4 is 5.32 Å². The molecule has 144 valence electrons. The van der Waals surface area contributed by atoms with Crippen LogP contribution >= 0.6 is 0 Å². The van der Waals surface area contributed by atoms with Gasteiger partial charge in [-0.15, -0.1) is 0 Å². The molecule has 0 atom stereocenters. The fourth-order valence-corrected chi connectivity index (χ4v) is 3.32. The van der Waals surface area contributed by atoms with Crippen LogP contribution in [0.4, 0.5) is 5.69 Å². The Kier molecular flexibility index (Phi) is 8.06. The molecule has 1 aliphatic rings. The molecule has 0 unspecified atom stereocenters. The van der Waals surface area contributed by atoms with Crippen LogP contribution in [0.1, 0.15) is 26.3 Å². The number of piperazine rings is 1. The van der Waals surface area contributed by atoms with Crippen molar-refractivity contribution < 1.29 is 9.59 Å². The second-order valence-electron chi connectivity index (χ2n) is 6.68. The van der Waals surface area contributed by atoms with Crippen molar-refractivity contribution in [2.24, 2.45) is 0 Å². The highest BCUT2D eigenvalue weighted by molar-refractivity contribution is 5.93. The van der Waals surface area contributed by atoms with Crippen molar-refractivity contribution in [1.29, 1.82) is 0 Å². The van der Waals surface area contributed by atoms with Crippen molar-refractivity contribution in [3.63, 3.8) is 0 Å². The van der Waals surface area contributed by atoms with Gasteiger partial charge >= 0.3 is 0 Å². The lowest BCUT2D eigenvalue weighted by Gasteiger charge is -2.34. The molecule has 1 aromatic carbocycles. The maximum absolute atomic E-state index is 12.3. The molecular weight excluding hydrogens is 328 g/mol. The minimum Gasteiger partial charge on any atom is -0.342 e. The van der Waals surface area contributed by atoms with E-state index in [1.54, 1.807) is 0 Å². The lowest BCUT2D eigenvalue weighted by molar-refractivity contribution is -0.132. The van der Waals surface area contributed by atoms with Gasteiger partial charge in [-0.3, -0.25) is 19.4 Å². The summed E-state index contributed by atoms with van der Waals surface area (Å²) < 4.78 is 0. The number of para-hydroxylation sites is 1. The third-order valence-corrected chi connectivity index (χ3v) is 4.98. The number of rotatable bonds is 8. The summed E-state index contributed by atoms with van der Waals surface area (Å²) in [6.45, 7) is 11.8. The lowest BCUT2D eigenvalue weighted by atomic mass is 10.1. The second-order valence-corrected chi connectivity index (χ2v) is 6.68. The number of hydrogen-bond donors (Lipinski definition) is 1. The quantitative estimate of drug-likeness (QED) is 0.766. The Morgan fingerprint density at radius 3 is 2.12 bits per heavy atom. The highest BCUT2D eigenvalue weighted by Crippen LogP contribution is 2.15.